The first kappa shape index (κ1) is 12.4. The van der Waals surface area contributed by atoms with Crippen LogP contribution in [0.5, 0.6) is 0 Å². The van der Waals surface area contributed by atoms with E-state index in [1.165, 1.54) is 12.8 Å². The summed E-state index contributed by atoms with van der Waals surface area (Å²) in [4.78, 5) is 4.48. The smallest absolute Gasteiger partial charge is 0.203 e. The molecule has 4 heteroatoms. The second kappa shape index (κ2) is 6.77. The van der Waals surface area contributed by atoms with Crippen LogP contribution in [0.4, 0.5) is 5.95 Å². The van der Waals surface area contributed by atoms with Crippen LogP contribution in [0.1, 0.15) is 25.5 Å². The van der Waals surface area contributed by atoms with E-state index in [2.05, 4.69) is 34.2 Å². The maximum atomic E-state index is 4.48. The van der Waals surface area contributed by atoms with Crippen molar-refractivity contribution in [1.82, 2.24) is 9.55 Å². The van der Waals surface area contributed by atoms with Gasteiger partial charge in [-0.05, 0) is 19.6 Å². The highest BCUT2D eigenvalue weighted by Crippen LogP contribution is 2.09. The molecule has 0 atom stereocenters. The molecule has 1 rings (SSSR count). The zero-order chi connectivity index (χ0) is 11.1. The Hall–Kier alpha value is -0.640. The molecule has 1 aromatic heterocycles. The summed E-state index contributed by atoms with van der Waals surface area (Å²) < 4.78 is 2.21. The molecule has 15 heavy (non-hydrogen) atoms. The summed E-state index contributed by atoms with van der Waals surface area (Å²) in [5.74, 6) is 2.16. The number of thioether (sulfide) groups is 1. The molecule has 0 aliphatic carbocycles. The molecular formula is C11H21N3S. The number of unbranched alkanes of at least 4 members (excludes halogenated alkanes) is 1. The van der Waals surface area contributed by atoms with Gasteiger partial charge < -0.3 is 9.88 Å². The lowest BCUT2D eigenvalue weighted by Gasteiger charge is -2.08. The number of imidazole rings is 1. The van der Waals surface area contributed by atoms with Crippen LogP contribution < -0.4 is 5.32 Å². The van der Waals surface area contributed by atoms with E-state index in [0.717, 1.165) is 30.5 Å². The van der Waals surface area contributed by atoms with Gasteiger partial charge in [0.05, 0.1) is 5.69 Å². The predicted octanol–water partition coefficient (Wildman–Crippen LogP) is 2.77. The molecule has 1 N–H and O–H groups in total. The van der Waals surface area contributed by atoms with E-state index in [9.17, 15) is 0 Å². The third kappa shape index (κ3) is 4.16. The molecule has 0 saturated carbocycles. The van der Waals surface area contributed by atoms with Crippen LogP contribution in [-0.4, -0.2) is 28.1 Å². The monoisotopic (exact) mass is 227 g/mol. The second-order valence-corrected chi connectivity index (χ2v) is 4.66. The van der Waals surface area contributed by atoms with Crippen molar-refractivity contribution in [1.29, 1.82) is 0 Å². The average Bonchev–Trinajstić information content (AvgIpc) is 2.56. The highest BCUT2D eigenvalue weighted by atomic mass is 32.2. The van der Waals surface area contributed by atoms with Crippen molar-refractivity contribution >= 4 is 17.7 Å². The van der Waals surface area contributed by atoms with Gasteiger partial charge in [-0.3, -0.25) is 0 Å². The lowest BCUT2D eigenvalue weighted by atomic mass is 10.3. The van der Waals surface area contributed by atoms with E-state index in [1.54, 1.807) is 0 Å². The van der Waals surface area contributed by atoms with Crippen LogP contribution in [0.15, 0.2) is 6.20 Å². The van der Waals surface area contributed by atoms with Crippen molar-refractivity contribution in [3.8, 4) is 0 Å². The Kier molecular flexibility index (Phi) is 5.61. The highest BCUT2D eigenvalue weighted by molar-refractivity contribution is 7.98. The molecule has 1 heterocycles. The van der Waals surface area contributed by atoms with E-state index in [1.807, 2.05) is 18.7 Å². The summed E-state index contributed by atoms with van der Waals surface area (Å²) in [5, 5.41) is 3.39. The second-order valence-electron chi connectivity index (χ2n) is 3.67. The van der Waals surface area contributed by atoms with E-state index in [4.69, 9.17) is 0 Å². The van der Waals surface area contributed by atoms with E-state index in [0.29, 0.717) is 0 Å². The Morgan fingerprint density at radius 1 is 1.53 bits per heavy atom. The molecule has 0 fully saturated rings. The van der Waals surface area contributed by atoms with Crippen LogP contribution >= 0.6 is 11.8 Å². The molecule has 1 aromatic rings. The molecule has 0 aliphatic heterocycles. The summed E-state index contributed by atoms with van der Waals surface area (Å²) in [7, 11) is 0. The van der Waals surface area contributed by atoms with Gasteiger partial charge in [0, 0.05) is 25.0 Å². The normalized spacial score (nSPS) is 10.6. The number of nitrogens with one attached hydrogen (secondary N) is 1. The lowest BCUT2D eigenvalue weighted by Crippen LogP contribution is -2.09. The van der Waals surface area contributed by atoms with Gasteiger partial charge in [0.2, 0.25) is 5.95 Å². The zero-order valence-corrected chi connectivity index (χ0v) is 10.7. The fourth-order valence-corrected chi connectivity index (χ4v) is 1.80. The minimum absolute atomic E-state index is 1.02. The van der Waals surface area contributed by atoms with Gasteiger partial charge >= 0.3 is 0 Å². The molecule has 0 aromatic carbocycles. The Bertz CT molecular complexity index is 283. The first-order valence-electron chi connectivity index (χ1n) is 5.54. The molecule has 0 amide bonds. The van der Waals surface area contributed by atoms with Crippen LogP contribution in [0, 0.1) is 6.92 Å². The molecule has 0 saturated heterocycles. The average molecular weight is 227 g/mol. The van der Waals surface area contributed by atoms with Crippen molar-refractivity contribution in [3.05, 3.63) is 11.9 Å². The van der Waals surface area contributed by atoms with Crippen molar-refractivity contribution in [2.45, 2.75) is 33.2 Å². The minimum Gasteiger partial charge on any atom is -0.356 e. The van der Waals surface area contributed by atoms with Gasteiger partial charge in [-0.1, -0.05) is 13.3 Å². The van der Waals surface area contributed by atoms with Gasteiger partial charge in [0.1, 0.15) is 0 Å². The van der Waals surface area contributed by atoms with E-state index in [-0.39, 0.29) is 0 Å². The van der Waals surface area contributed by atoms with Crippen molar-refractivity contribution in [3.63, 3.8) is 0 Å². The quantitative estimate of drug-likeness (QED) is 0.726. The Morgan fingerprint density at radius 3 is 3.00 bits per heavy atom. The fraction of sp³-hybridized carbons (Fsp3) is 0.727. The number of aryl methyl sites for hydroxylation is 2. The van der Waals surface area contributed by atoms with Gasteiger partial charge in [0.15, 0.2) is 0 Å². The first-order valence-corrected chi connectivity index (χ1v) is 6.94. The van der Waals surface area contributed by atoms with Crippen molar-refractivity contribution in [2.75, 3.05) is 23.9 Å². The molecule has 0 radical (unpaired) electrons. The summed E-state index contributed by atoms with van der Waals surface area (Å²) in [6.45, 7) is 6.30. The number of aromatic nitrogens is 2. The molecule has 0 bridgehead atoms. The van der Waals surface area contributed by atoms with Gasteiger partial charge in [-0.25, -0.2) is 4.98 Å². The number of nitrogens with zero attached hydrogens (tertiary/aromatic N) is 2. The Balaban J connectivity index is 2.51. The maximum absolute atomic E-state index is 4.48. The third-order valence-corrected chi connectivity index (χ3v) is 2.84. The largest absolute Gasteiger partial charge is 0.356 e. The van der Waals surface area contributed by atoms with Crippen LogP contribution in [-0.2, 0) is 6.54 Å². The first-order chi connectivity index (χ1) is 7.27. The van der Waals surface area contributed by atoms with Crippen LogP contribution in [0.3, 0.4) is 0 Å². The Morgan fingerprint density at radius 2 is 2.33 bits per heavy atom. The molecular weight excluding hydrogens is 206 g/mol. The summed E-state index contributed by atoms with van der Waals surface area (Å²) in [6, 6.07) is 0. The summed E-state index contributed by atoms with van der Waals surface area (Å²) in [6.07, 6.45) is 6.67. The maximum Gasteiger partial charge on any atom is 0.203 e. The van der Waals surface area contributed by atoms with Gasteiger partial charge in [0.25, 0.3) is 0 Å². The Labute approximate surface area is 96.7 Å². The van der Waals surface area contributed by atoms with Crippen LogP contribution in [0.2, 0.25) is 0 Å². The number of anilines is 1. The molecule has 86 valence electrons. The predicted molar refractivity (Wildman–Crippen MR) is 68.7 cm³/mol. The van der Waals surface area contributed by atoms with Gasteiger partial charge in [-0.15, -0.1) is 0 Å². The standard InChI is InChI=1S/C11H21N3S/c1-4-5-6-12-11-13-10(2)9-14(11)7-8-15-3/h9H,4-8H2,1-3H3,(H,12,13). The molecule has 0 spiro atoms. The molecule has 0 aliphatic rings. The molecule has 3 nitrogen and oxygen atoms in total. The summed E-state index contributed by atoms with van der Waals surface area (Å²) in [5.41, 5.74) is 1.09. The number of hydrogen-bond donors (Lipinski definition) is 1. The van der Waals surface area contributed by atoms with Crippen molar-refractivity contribution < 1.29 is 0 Å². The van der Waals surface area contributed by atoms with E-state index < -0.39 is 0 Å². The molecule has 0 unspecified atom stereocenters. The van der Waals surface area contributed by atoms with Gasteiger partial charge in [-0.2, -0.15) is 11.8 Å². The van der Waals surface area contributed by atoms with Crippen molar-refractivity contribution in [2.24, 2.45) is 0 Å². The minimum atomic E-state index is 1.02. The SMILES string of the molecule is CCCCNc1nc(C)cn1CCSC. The lowest BCUT2D eigenvalue weighted by molar-refractivity contribution is 0.758. The fourth-order valence-electron chi connectivity index (χ4n) is 1.42. The number of rotatable bonds is 7. The zero-order valence-electron chi connectivity index (χ0n) is 9.92. The highest BCUT2D eigenvalue weighted by Gasteiger charge is 2.03. The number of hydrogen-bond acceptors (Lipinski definition) is 3. The topological polar surface area (TPSA) is 29.9 Å². The van der Waals surface area contributed by atoms with E-state index >= 15 is 0 Å². The summed E-state index contributed by atoms with van der Waals surface area (Å²) >= 11 is 1.87. The third-order valence-electron chi connectivity index (χ3n) is 2.25. The van der Waals surface area contributed by atoms with Crippen LogP contribution in [0.25, 0.3) is 0 Å².